The summed E-state index contributed by atoms with van der Waals surface area (Å²) in [6.07, 6.45) is 3.05. The number of nitrogens with zero attached hydrogens (tertiary/aromatic N) is 2. The Morgan fingerprint density at radius 3 is 2.82 bits per heavy atom. The van der Waals surface area contributed by atoms with Gasteiger partial charge in [0, 0.05) is 26.0 Å². The van der Waals surface area contributed by atoms with Gasteiger partial charge in [-0.3, -0.25) is 14.6 Å². The molecule has 5 nitrogen and oxygen atoms in total. The molecule has 6 heteroatoms. The molecule has 0 saturated carbocycles. The van der Waals surface area contributed by atoms with Crippen LogP contribution in [0, 0.1) is 0 Å². The number of hydrogen-bond acceptors (Lipinski definition) is 4. The van der Waals surface area contributed by atoms with Gasteiger partial charge in [0.2, 0.25) is 0 Å². The van der Waals surface area contributed by atoms with Gasteiger partial charge in [0.05, 0.1) is 24.1 Å². The third-order valence-corrected chi connectivity index (χ3v) is 2.53. The van der Waals surface area contributed by atoms with Crippen molar-refractivity contribution in [3.05, 3.63) is 29.0 Å². The Hall–Kier alpha value is -1.62. The zero-order valence-electron chi connectivity index (χ0n) is 9.64. The minimum atomic E-state index is -0.356. The van der Waals surface area contributed by atoms with Gasteiger partial charge in [0.1, 0.15) is 0 Å². The van der Waals surface area contributed by atoms with Crippen LogP contribution in [0.1, 0.15) is 16.8 Å². The molecular weight excluding hydrogens is 244 g/mol. The fraction of sp³-hybridized carbons (Fsp3) is 0.364. The van der Waals surface area contributed by atoms with E-state index in [4.69, 9.17) is 11.6 Å². The fourth-order valence-electron chi connectivity index (χ4n) is 1.22. The molecule has 1 rings (SSSR count). The second-order valence-corrected chi connectivity index (χ2v) is 3.82. The smallest absolute Gasteiger partial charge is 0.307 e. The van der Waals surface area contributed by atoms with Crippen LogP contribution in [0.3, 0.4) is 0 Å². The zero-order chi connectivity index (χ0) is 12.8. The van der Waals surface area contributed by atoms with E-state index in [2.05, 4.69) is 9.72 Å². The highest BCUT2D eigenvalue weighted by molar-refractivity contribution is 6.33. The highest BCUT2D eigenvalue weighted by atomic mass is 35.5. The highest BCUT2D eigenvalue weighted by Gasteiger charge is 2.15. The standard InChI is InChI=1S/C11H13ClN2O3/c1-14(6-4-10(15)17-2)11(16)8-3-5-13-7-9(8)12/h3,5,7H,4,6H2,1-2H3. The van der Waals surface area contributed by atoms with E-state index in [1.54, 1.807) is 13.1 Å². The lowest BCUT2D eigenvalue weighted by molar-refractivity contribution is -0.140. The molecule has 0 aromatic carbocycles. The lowest BCUT2D eigenvalue weighted by atomic mass is 10.2. The zero-order valence-corrected chi connectivity index (χ0v) is 10.4. The number of amides is 1. The number of aromatic nitrogens is 1. The maximum Gasteiger partial charge on any atom is 0.307 e. The van der Waals surface area contributed by atoms with Gasteiger partial charge in [0.15, 0.2) is 0 Å². The summed E-state index contributed by atoms with van der Waals surface area (Å²) in [4.78, 5) is 28.1. The summed E-state index contributed by atoms with van der Waals surface area (Å²) >= 11 is 5.85. The Morgan fingerprint density at radius 2 is 2.24 bits per heavy atom. The lowest BCUT2D eigenvalue weighted by Crippen LogP contribution is -2.29. The monoisotopic (exact) mass is 256 g/mol. The van der Waals surface area contributed by atoms with Gasteiger partial charge in [-0.1, -0.05) is 11.6 Å². The molecule has 1 amide bonds. The third-order valence-electron chi connectivity index (χ3n) is 2.23. The summed E-state index contributed by atoms with van der Waals surface area (Å²) in [6, 6.07) is 1.54. The van der Waals surface area contributed by atoms with Crippen LogP contribution >= 0.6 is 11.6 Å². The number of pyridine rings is 1. The maximum absolute atomic E-state index is 11.9. The molecule has 1 aromatic heterocycles. The number of esters is 1. The molecular formula is C11H13ClN2O3. The molecule has 0 bridgehead atoms. The molecule has 17 heavy (non-hydrogen) atoms. The molecule has 1 aromatic rings. The van der Waals surface area contributed by atoms with Gasteiger partial charge in [-0.15, -0.1) is 0 Å². The number of carbonyl (C=O) groups excluding carboxylic acids is 2. The summed E-state index contributed by atoms with van der Waals surface area (Å²) in [5.74, 6) is -0.605. The summed E-state index contributed by atoms with van der Waals surface area (Å²) in [5, 5.41) is 0.294. The Morgan fingerprint density at radius 1 is 1.53 bits per heavy atom. The molecule has 92 valence electrons. The Balaban J connectivity index is 2.64. The van der Waals surface area contributed by atoms with Crippen molar-refractivity contribution in [3.63, 3.8) is 0 Å². The number of hydrogen-bond donors (Lipinski definition) is 0. The van der Waals surface area contributed by atoms with Crippen molar-refractivity contribution in [1.29, 1.82) is 0 Å². The van der Waals surface area contributed by atoms with Gasteiger partial charge in [-0.25, -0.2) is 0 Å². The predicted molar refractivity (Wildman–Crippen MR) is 62.8 cm³/mol. The van der Waals surface area contributed by atoms with Crippen LogP contribution in [0.5, 0.6) is 0 Å². The minimum absolute atomic E-state index is 0.154. The Labute approximate surface area is 104 Å². The van der Waals surface area contributed by atoms with Crippen molar-refractivity contribution in [2.45, 2.75) is 6.42 Å². The van der Waals surface area contributed by atoms with E-state index < -0.39 is 0 Å². The van der Waals surface area contributed by atoms with Gasteiger partial charge in [-0.2, -0.15) is 0 Å². The van der Waals surface area contributed by atoms with E-state index in [1.807, 2.05) is 0 Å². The summed E-state index contributed by atoms with van der Waals surface area (Å²) in [6.45, 7) is 0.282. The second kappa shape index (κ2) is 6.20. The van der Waals surface area contributed by atoms with Crippen LogP contribution in [0.25, 0.3) is 0 Å². The first-order valence-electron chi connectivity index (χ1n) is 4.98. The number of halogens is 1. The lowest BCUT2D eigenvalue weighted by Gasteiger charge is -2.16. The number of rotatable bonds is 4. The van der Waals surface area contributed by atoms with Crippen molar-refractivity contribution in [2.75, 3.05) is 20.7 Å². The maximum atomic E-state index is 11.9. The van der Waals surface area contributed by atoms with E-state index in [1.165, 1.54) is 24.4 Å². The van der Waals surface area contributed by atoms with Gasteiger partial charge in [0.25, 0.3) is 5.91 Å². The number of carbonyl (C=O) groups is 2. The van der Waals surface area contributed by atoms with E-state index in [0.29, 0.717) is 10.6 Å². The molecule has 0 aliphatic heterocycles. The van der Waals surface area contributed by atoms with Crippen LogP contribution in [0.15, 0.2) is 18.5 Å². The van der Waals surface area contributed by atoms with E-state index in [-0.39, 0.29) is 24.8 Å². The summed E-state index contributed by atoms with van der Waals surface area (Å²) in [7, 11) is 2.91. The second-order valence-electron chi connectivity index (χ2n) is 3.41. The van der Waals surface area contributed by atoms with Crippen molar-refractivity contribution >= 4 is 23.5 Å². The van der Waals surface area contributed by atoms with Crippen molar-refractivity contribution in [1.82, 2.24) is 9.88 Å². The molecule has 1 heterocycles. The fourth-order valence-corrected chi connectivity index (χ4v) is 1.42. The highest BCUT2D eigenvalue weighted by Crippen LogP contribution is 2.15. The molecule has 0 aliphatic carbocycles. The largest absolute Gasteiger partial charge is 0.469 e. The number of methoxy groups -OCH3 is 1. The SMILES string of the molecule is COC(=O)CCN(C)C(=O)c1ccncc1Cl. The minimum Gasteiger partial charge on any atom is -0.469 e. The van der Waals surface area contributed by atoms with Crippen LogP contribution < -0.4 is 0 Å². The van der Waals surface area contributed by atoms with Gasteiger partial charge < -0.3 is 9.64 Å². The quantitative estimate of drug-likeness (QED) is 0.764. The van der Waals surface area contributed by atoms with Gasteiger partial charge in [-0.05, 0) is 6.07 Å². The summed E-state index contributed by atoms with van der Waals surface area (Å²) < 4.78 is 4.50. The van der Waals surface area contributed by atoms with Crippen LogP contribution in [0.2, 0.25) is 5.02 Å². The van der Waals surface area contributed by atoms with Crippen molar-refractivity contribution in [3.8, 4) is 0 Å². The van der Waals surface area contributed by atoms with Crippen LogP contribution in [-0.2, 0) is 9.53 Å². The molecule has 0 atom stereocenters. The van der Waals surface area contributed by atoms with Crippen molar-refractivity contribution in [2.24, 2.45) is 0 Å². The van der Waals surface area contributed by atoms with Crippen LogP contribution in [-0.4, -0.2) is 42.5 Å². The normalized spacial score (nSPS) is 9.82. The molecule has 0 radical (unpaired) electrons. The van der Waals surface area contributed by atoms with Gasteiger partial charge >= 0.3 is 5.97 Å². The average molecular weight is 257 g/mol. The molecule has 0 spiro atoms. The third kappa shape index (κ3) is 3.71. The molecule has 0 N–H and O–H groups in total. The molecule has 0 fully saturated rings. The van der Waals surface area contributed by atoms with E-state index in [9.17, 15) is 9.59 Å². The molecule has 0 aliphatic rings. The topological polar surface area (TPSA) is 59.5 Å². The first kappa shape index (κ1) is 13.4. The average Bonchev–Trinajstić information content (AvgIpc) is 2.35. The van der Waals surface area contributed by atoms with E-state index >= 15 is 0 Å². The first-order chi connectivity index (χ1) is 8.06. The summed E-state index contributed by atoms with van der Waals surface area (Å²) in [5.41, 5.74) is 0.369. The van der Waals surface area contributed by atoms with Crippen LogP contribution in [0.4, 0.5) is 0 Å². The number of ether oxygens (including phenoxy) is 1. The Kier molecular flexibility index (Phi) is 4.90. The predicted octanol–water partition coefficient (Wildman–Crippen LogP) is 1.37. The molecule has 0 unspecified atom stereocenters. The van der Waals surface area contributed by atoms with E-state index in [0.717, 1.165) is 0 Å². The Bertz CT molecular complexity index is 423. The van der Waals surface area contributed by atoms with Crippen molar-refractivity contribution < 1.29 is 14.3 Å². The molecule has 0 saturated heterocycles. The first-order valence-corrected chi connectivity index (χ1v) is 5.36.